The predicted molar refractivity (Wildman–Crippen MR) is 56.7 cm³/mol. The van der Waals surface area contributed by atoms with Crippen molar-refractivity contribution in [2.45, 2.75) is 6.18 Å². The molecule has 0 aliphatic heterocycles. The van der Waals surface area contributed by atoms with Gasteiger partial charge in [0.25, 0.3) is 5.91 Å². The molecule has 1 rings (SSSR count). The zero-order chi connectivity index (χ0) is 13.2. The van der Waals surface area contributed by atoms with Gasteiger partial charge in [0.15, 0.2) is 0 Å². The Labute approximate surface area is 100 Å². The Bertz CT molecular complexity index is 416. The number of hydrogen-bond acceptors (Lipinski definition) is 3. The maximum atomic E-state index is 12.1. The first-order chi connectivity index (χ1) is 7.69. The second-order valence-electron chi connectivity index (χ2n) is 3.38. The summed E-state index contributed by atoms with van der Waals surface area (Å²) in [5.74, 6) is -0.848. The van der Waals surface area contributed by atoms with E-state index in [9.17, 15) is 18.0 Å². The van der Waals surface area contributed by atoms with E-state index in [1.807, 2.05) is 0 Å². The van der Waals surface area contributed by atoms with Crippen LogP contribution in [-0.2, 0) is 0 Å². The second-order valence-corrected chi connectivity index (χ2v) is 3.77. The van der Waals surface area contributed by atoms with Gasteiger partial charge in [0.05, 0.1) is 0 Å². The van der Waals surface area contributed by atoms with Crippen molar-refractivity contribution in [3.63, 3.8) is 0 Å². The summed E-state index contributed by atoms with van der Waals surface area (Å²) in [4.78, 5) is 15.7. The van der Waals surface area contributed by atoms with Crippen LogP contribution in [-0.4, -0.2) is 35.6 Å². The Morgan fingerprint density at radius 2 is 2.12 bits per heavy atom. The molecule has 0 bridgehead atoms. The Kier molecular flexibility index (Phi) is 3.82. The first-order valence-electron chi connectivity index (χ1n) is 4.44. The number of aromatic nitrogens is 1. The summed E-state index contributed by atoms with van der Waals surface area (Å²) in [6.07, 6.45) is -4.45. The third-order valence-corrected chi connectivity index (χ3v) is 2.02. The van der Waals surface area contributed by atoms with Gasteiger partial charge >= 0.3 is 6.18 Å². The van der Waals surface area contributed by atoms with Gasteiger partial charge in [0.2, 0.25) is 0 Å². The quantitative estimate of drug-likeness (QED) is 0.833. The second kappa shape index (κ2) is 4.79. The summed E-state index contributed by atoms with van der Waals surface area (Å²) in [6.45, 7) is -1.34. The van der Waals surface area contributed by atoms with Gasteiger partial charge in [-0.05, 0) is 12.1 Å². The number of anilines is 1. The highest BCUT2D eigenvalue weighted by Crippen LogP contribution is 2.18. The summed E-state index contributed by atoms with van der Waals surface area (Å²) in [5, 5.41) is -0.0474. The number of amides is 1. The lowest BCUT2D eigenvalue weighted by molar-refractivity contribution is -0.138. The number of nitrogen functional groups attached to an aromatic ring is 1. The van der Waals surface area contributed by atoms with E-state index in [1.54, 1.807) is 0 Å². The van der Waals surface area contributed by atoms with Crippen molar-refractivity contribution in [3.8, 4) is 0 Å². The van der Waals surface area contributed by atoms with E-state index in [0.717, 1.165) is 13.1 Å². The number of pyridine rings is 1. The maximum absolute atomic E-state index is 12.1. The molecule has 0 atom stereocenters. The molecule has 0 fully saturated rings. The van der Waals surface area contributed by atoms with Crippen LogP contribution in [0.3, 0.4) is 0 Å². The van der Waals surface area contributed by atoms with Gasteiger partial charge in [0, 0.05) is 12.6 Å². The van der Waals surface area contributed by atoms with E-state index in [0.29, 0.717) is 4.90 Å². The molecule has 1 aromatic heterocycles. The van der Waals surface area contributed by atoms with Crippen molar-refractivity contribution >= 4 is 23.3 Å². The van der Waals surface area contributed by atoms with E-state index < -0.39 is 18.6 Å². The number of rotatable bonds is 2. The standard InChI is InChI=1S/C9H9ClF3N3O/c1-16(4-9(11,12)13)8(17)5-2-6(10)15-7(14)3-5/h2-3H,4H2,1H3,(H2,14,15). The van der Waals surface area contributed by atoms with Crippen molar-refractivity contribution in [3.05, 3.63) is 22.8 Å². The van der Waals surface area contributed by atoms with Gasteiger partial charge in [0.1, 0.15) is 17.5 Å². The lowest BCUT2D eigenvalue weighted by Gasteiger charge is -2.19. The fraction of sp³-hybridized carbons (Fsp3) is 0.333. The summed E-state index contributed by atoms with van der Waals surface area (Å²) < 4.78 is 36.3. The lowest BCUT2D eigenvalue weighted by Crippen LogP contribution is -2.35. The fourth-order valence-corrected chi connectivity index (χ4v) is 1.42. The van der Waals surface area contributed by atoms with E-state index in [1.165, 1.54) is 6.07 Å². The minimum atomic E-state index is -4.45. The Hall–Kier alpha value is -1.50. The van der Waals surface area contributed by atoms with Crippen molar-refractivity contribution in [1.29, 1.82) is 0 Å². The average molecular weight is 268 g/mol. The minimum absolute atomic E-state index is 0.0266. The molecule has 4 nitrogen and oxygen atoms in total. The number of nitrogens with two attached hydrogens (primary N) is 1. The van der Waals surface area contributed by atoms with Gasteiger partial charge in [-0.25, -0.2) is 4.98 Å². The van der Waals surface area contributed by atoms with Crippen molar-refractivity contribution < 1.29 is 18.0 Å². The van der Waals surface area contributed by atoms with Gasteiger partial charge in [-0.1, -0.05) is 11.6 Å². The molecule has 2 N–H and O–H groups in total. The summed E-state index contributed by atoms with van der Waals surface area (Å²) in [7, 11) is 1.04. The number of halogens is 4. The van der Waals surface area contributed by atoms with Crippen LogP contribution in [0.1, 0.15) is 10.4 Å². The van der Waals surface area contributed by atoms with Gasteiger partial charge in [-0.2, -0.15) is 13.2 Å². The zero-order valence-corrected chi connectivity index (χ0v) is 9.51. The molecule has 1 heterocycles. The van der Waals surface area contributed by atoms with Crippen LogP contribution in [0.25, 0.3) is 0 Å². The molecule has 0 spiro atoms. The molecule has 0 saturated heterocycles. The molecular weight excluding hydrogens is 259 g/mol. The minimum Gasteiger partial charge on any atom is -0.384 e. The molecule has 0 aliphatic rings. The van der Waals surface area contributed by atoms with Gasteiger partial charge in [-0.3, -0.25) is 4.79 Å². The number of alkyl halides is 3. The lowest BCUT2D eigenvalue weighted by atomic mass is 10.2. The fourth-order valence-electron chi connectivity index (χ4n) is 1.20. The molecule has 0 unspecified atom stereocenters. The monoisotopic (exact) mass is 267 g/mol. The highest BCUT2D eigenvalue weighted by Gasteiger charge is 2.31. The van der Waals surface area contributed by atoms with Crippen molar-refractivity contribution in [2.75, 3.05) is 19.3 Å². The number of carbonyl (C=O) groups is 1. The normalized spacial score (nSPS) is 11.4. The summed E-state index contributed by atoms with van der Waals surface area (Å²) in [6, 6.07) is 2.33. The third-order valence-electron chi connectivity index (χ3n) is 1.82. The third kappa shape index (κ3) is 4.10. The smallest absolute Gasteiger partial charge is 0.384 e. The van der Waals surface area contributed by atoms with E-state index in [4.69, 9.17) is 17.3 Å². The van der Waals surface area contributed by atoms with Crippen LogP contribution in [0.4, 0.5) is 19.0 Å². The average Bonchev–Trinajstić information content (AvgIpc) is 2.12. The largest absolute Gasteiger partial charge is 0.406 e. The molecule has 17 heavy (non-hydrogen) atoms. The predicted octanol–water partition coefficient (Wildman–Crippen LogP) is 1.95. The highest BCUT2D eigenvalue weighted by atomic mass is 35.5. The first-order valence-corrected chi connectivity index (χ1v) is 4.82. The van der Waals surface area contributed by atoms with Crippen LogP contribution in [0.5, 0.6) is 0 Å². The summed E-state index contributed by atoms with van der Waals surface area (Å²) in [5.41, 5.74) is 5.30. The van der Waals surface area contributed by atoms with Crippen molar-refractivity contribution in [2.24, 2.45) is 0 Å². The Morgan fingerprint density at radius 1 is 1.53 bits per heavy atom. The molecule has 0 aromatic carbocycles. The topological polar surface area (TPSA) is 59.2 Å². The van der Waals surface area contributed by atoms with Crippen LogP contribution in [0.2, 0.25) is 5.15 Å². The molecule has 0 aliphatic carbocycles. The van der Waals surface area contributed by atoms with Crippen LogP contribution < -0.4 is 5.73 Å². The highest BCUT2D eigenvalue weighted by molar-refractivity contribution is 6.29. The molecule has 0 radical (unpaired) electrons. The molecule has 8 heteroatoms. The number of hydrogen-bond donors (Lipinski definition) is 1. The number of nitrogens with zero attached hydrogens (tertiary/aromatic N) is 2. The SMILES string of the molecule is CN(CC(F)(F)F)C(=O)c1cc(N)nc(Cl)c1. The van der Waals surface area contributed by atoms with Crippen LogP contribution in [0.15, 0.2) is 12.1 Å². The van der Waals surface area contributed by atoms with Crippen molar-refractivity contribution in [1.82, 2.24) is 9.88 Å². The van der Waals surface area contributed by atoms with E-state index >= 15 is 0 Å². The molecule has 94 valence electrons. The van der Waals surface area contributed by atoms with E-state index in [2.05, 4.69) is 4.98 Å². The first kappa shape index (κ1) is 13.6. The summed E-state index contributed by atoms with van der Waals surface area (Å²) >= 11 is 5.55. The Balaban J connectivity index is 2.89. The number of carbonyl (C=O) groups excluding carboxylic acids is 1. The molecule has 1 amide bonds. The van der Waals surface area contributed by atoms with Gasteiger partial charge < -0.3 is 10.6 Å². The molecule has 0 saturated carbocycles. The zero-order valence-electron chi connectivity index (χ0n) is 8.75. The van der Waals surface area contributed by atoms with Gasteiger partial charge in [-0.15, -0.1) is 0 Å². The maximum Gasteiger partial charge on any atom is 0.406 e. The van der Waals surface area contributed by atoms with E-state index in [-0.39, 0.29) is 16.5 Å². The molecule has 1 aromatic rings. The Morgan fingerprint density at radius 3 is 2.59 bits per heavy atom. The molecular formula is C9H9ClF3N3O. The van der Waals surface area contributed by atoms with Crippen LogP contribution in [0, 0.1) is 0 Å². The van der Waals surface area contributed by atoms with Crippen LogP contribution >= 0.6 is 11.6 Å².